The van der Waals surface area contributed by atoms with Crippen LogP contribution in [0.4, 0.5) is 8.78 Å². The van der Waals surface area contributed by atoms with Gasteiger partial charge in [0.15, 0.2) is 12.5 Å². The quantitative estimate of drug-likeness (QED) is 0.279. The van der Waals surface area contributed by atoms with Crippen molar-refractivity contribution in [1.82, 2.24) is 10.2 Å². The average Bonchev–Trinajstić information content (AvgIpc) is 2.55. The Morgan fingerprint density at radius 1 is 1.46 bits per heavy atom. The highest BCUT2D eigenvalue weighted by atomic mass is 19.3. The highest BCUT2D eigenvalue weighted by Crippen LogP contribution is 2.17. The van der Waals surface area contributed by atoms with E-state index >= 15 is 0 Å². The molecule has 1 aliphatic rings. The second kappa shape index (κ2) is 9.23. The van der Waals surface area contributed by atoms with Gasteiger partial charge in [0.1, 0.15) is 12.3 Å². The van der Waals surface area contributed by atoms with Gasteiger partial charge < -0.3 is 36.9 Å². The molecule has 0 saturated carbocycles. The lowest BCUT2D eigenvalue weighted by Gasteiger charge is -2.31. The van der Waals surface area contributed by atoms with Gasteiger partial charge in [0.2, 0.25) is 0 Å². The van der Waals surface area contributed by atoms with Gasteiger partial charge in [0.25, 0.3) is 5.92 Å². The molecule has 1 heterocycles. The monoisotopic (exact) mass is 371 g/mol. The third-order valence-corrected chi connectivity index (χ3v) is 3.67. The van der Waals surface area contributed by atoms with E-state index in [4.69, 9.17) is 21.9 Å². The Balaban J connectivity index is 2.69. The molecule has 0 aromatic carbocycles. The number of carbonyl (C=O) groups excluding carboxylic acids is 1. The summed E-state index contributed by atoms with van der Waals surface area (Å²) in [6.07, 6.45) is 7.53. The summed E-state index contributed by atoms with van der Waals surface area (Å²) in [6.45, 7) is 1.80. The number of hydrogen-bond donors (Lipinski definition) is 4. The van der Waals surface area contributed by atoms with Crippen LogP contribution in [0.15, 0.2) is 47.3 Å². The summed E-state index contributed by atoms with van der Waals surface area (Å²) < 4.78 is 30.4. The first-order valence-corrected chi connectivity index (χ1v) is 8.02. The van der Waals surface area contributed by atoms with E-state index in [2.05, 4.69) is 5.32 Å². The third kappa shape index (κ3) is 6.75. The lowest BCUT2D eigenvalue weighted by molar-refractivity contribution is -0.110. The zero-order valence-corrected chi connectivity index (χ0v) is 15.2. The topological polar surface area (TPSA) is 120 Å². The number of ether oxygens (including phenoxy) is 1. The minimum atomic E-state index is -2.97. The largest absolute Gasteiger partial charge is 0.473 e. The molecule has 0 radical (unpaired) electrons. The number of aldehydes is 1. The fourth-order valence-corrected chi connectivity index (χ4v) is 2.23. The van der Waals surface area contributed by atoms with Crippen molar-refractivity contribution in [2.75, 3.05) is 20.2 Å². The van der Waals surface area contributed by atoms with E-state index in [9.17, 15) is 13.6 Å². The lowest BCUT2D eigenvalue weighted by Crippen LogP contribution is -2.42. The van der Waals surface area contributed by atoms with E-state index in [0.29, 0.717) is 16.8 Å². The summed E-state index contributed by atoms with van der Waals surface area (Å²) in [5, 5.41) is 2.99. The second-order valence-corrected chi connectivity index (χ2v) is 6.26. The first-order chi connectivity index (χ1) is 12.0. The second-order valence-electron chi connectivity index (χ2n) is 6.26. The van der Waals surface area contributed by atoms with Gasteiger partial charge in [-0.15, -0.1) is 0 Å². The molecule has 0 fully saturated rings. The molecule has 0 amide bonds. The summed E-state index contributed by atoms with van der Waals surface area (Å²) in [4.78, 5) is 13.0. The van der Waals surface area contributed by atoms with Crippen molar-refractivity contribution >= 4 is 6.29 Å². The highest BCUT2D eigenvalue weighted by molar-refractivity contribution is 5.65. The van der Waals surface area contributed by atoms with Crippen molar-refractivity contribution in [3.05, 3.63) is 47.3 Å². The maximum atomic E-state index is 12.8. The predicted octanol–water partition coefficient (Wildman–Crippen LogP) is 0.518. The SMILES string of the molecule is CC(/C=C(\N)CN/C=C1\C(N)C=CN(C)C1C=O)=C(/N)OCC(C)(F)F. The van der Waals surface area contributed by atoms with Gasteiger partial charge in [0, 0.05) is 37.5 Å². The number of nitrogens with two attached hydrogens (primary N) is 3. The number of allylic oxidation sites excluding steroid dienone is 2. The van der Waals surface area contributed by atoms with Crippen LogP contribution in [0.5, 0.6) is 0 Å². The number of likely N-dealkylation sites (N-methyl/N-ethyl adjacent to an activating group) is 1. The van der Waals surface area contributed by atoms with Gasteiger partial charge in [-0.1, -0.05) is 0 Å². The standard InChI is InChI=1S/C17H27F2N5O2/c1-11(16(22)26-10-17(2,18)19)6-12(20)7-23-8-13-14(21)4-5-24(3)15(13)9-25/h4-6,8-9,14-15,23H,7,10,20-22H2,1-3H3/b12-6-,13-8+,16-11+. The molecule has 0 saturated heterocycles. The molecular weight excluding hydrogens is 344 g/mol. The molecule has 1 rings (SSSR count). The molecule has 2 unspecified atom stereocenters. The third-order valence-electron chi connectivity index (χ3n) is 3.67. The number of halogens is 2. The Morgan fingerprint density at radius 2 is 2.12 bits per heavy atom. The van der Waals surface area contributed by atoms with E-state index in [1.807, 2.05) is 0 Å². The Bertz CT molecular complexity index is 623. The van der Waals surface area contributed by atoms with Crippen LogP contribution in [0.2, 0.25) is 0 Å². The van der Waals surface area contributed by atoms with Crippen LogP contribution in [-0.2, 0) is 9.53 Å². The van der Waals surface area contributed by atoms with Crippen molar-refractivity contribution in [2.24, 2.45) is 17.2 Å². The molecule has 0 spiro atoms. The van der Waals surface area contributed by atoms with Crippen molar-refractivity contribution < 1.29 is 18.3 Å². The van der Waals surface area contributed by atoms with Gasteiger partial charge in [-0.2, -0.15) is 0 Å². The normalized spacial score (nSPS) is 23.7. The number of alkyl halides is 2. The van der Waals surface area contributed by atoms with Crippen LogP contribution in [0.1, 0.15) is 13.8 Å². The number of carbonyl (C=O) groups is 1. The van der Waals surface area contributed by atoms with Crippen molar-refractivity contribution in [1.29, 1.82) is 0 Å². The molecule has 7 nitrogen and oxygen atoms in total. The Hall–Kier alpha value is -2.55. The first-order valence-electron chi connectivity index (χ1n) is 8.02. The first kappa shape index (κ1) is 21.5. The van der Waals surface area contributed by atoms with E-state index in [-0.39, 0.29) is 18.5 Å². The molecule has 0 aromatic rings. The molecular formula is C17H27F2N5O2. The van der Waals surface area contributed by atoms with Crippen molar-refractivity contribution in [2.45, 2.75) is 31.9 Å². The fourth-order valence-electron chi connectivity index (χ4n) is 2.23. The summed E-state index contributed by atoms with van der Waals surface area (Å²) in [6, 6.07) is -0.824. The molecule has 7 N–H and O–H groups in total. The maximum absolute atomic E-state index is 12.8. The summed E-state index contributed by atoms with van der Waals surface area (Å²) in [5.74, 6) is -3.08. The molecule has 0 aliphatic carbocycles. The number of nitrogens with zero attached hydrogens (tertiary/aromatic N) is 1. The minimum absolute atomic E-state index is 0.116. The van der Waals surface area contributed by atoms with Crippen molar-refractivity contribution in [3.8, 4) is 0 Å². The number of hydrogen-bond acceptors (Lipinski definition) is 7. The summed E-state index contributed by atoms with van der Waals surface area (Å²) in [5.41, 5.74) is 19.0. The molecule has 146 valence electrons. The van der Waals surface area contributed by atoms with Crippen LogP contribution in [0.25, 0.3) is 0 Å². The minimum Gasteiger partial charge on any atom is -0.473 e. The van der Waals surface area contributed by atoms with Gasteiger partial charge in [-0.25, -0.2) is 8.78 Å². The fraction of sp³-hybridized carbons (Fsp3) is 0.471. The van der Waals surface area contributed by atoms with Crippen LogP contribution < -0.4 is 22.5 Å². The molecule has 1 aliphatic heterocycles. The smallest absolute Gasteiger partial charge is 0.278 e. The van der Waals surface area contributed by atoms with E-state index in [1.165, 1.54) is 6.08 Å². The Morgan fingerprint density at radius 3 is 2.69 bits per heavy atom. The Kier molecular flexibility index (Phi) is 7.63. The van der Waals surface area contributed by atoms with Gasteiger partial charge >= 0.3 is 0 Å². The van der Waals surface area contributed by atoms with Crippen LogP contribution in [0, 0.1) is 0 Å². The molecule has 0 aromatic heterocycles. The lowest BCUT2D eigenvalue weighted by atomic mass is 9.97. The zero-order valence-electron chi connectivity index (χ0n) is 15.2. The molecule has 0 bridgehead atoms. The van der Waals surface area contributed by atoms with Crippen molar-refractivity contribution in [3.63, 3.8) is 0 Å². The predicted molar refractivity (Wildman–Crippen MR) is 96.5 cm³/mol. The van der Waals surface area contributed by atoms with Gasteiger partial charge in [-0.3, -0.25) is 0 Å². The zero-order chi connectivity index (χ0) is 19.9. The average molecular weight is 371 g/mol. The van der Waals surface area contributed by atoms with E-state index < -0.39 is 18.6 Å². The van der Waals surface area contributed by atoms with E-state index in [1.54, 1.807) is 37.3 Å². The van der Waals surface area contributed by atoms with E-state index in [0.717, 1.165) is 13.2 Å². The van der Waals surface area contributed by atoms with Crippen LogP contribution in [-0.4, -0.2) is 49.4 Å². The van der Waals surface area contributed by atoms with Crippen LogP contribution in [0.3, 0.4) is 0 Å². The molecule has 26 heavy (non-hydrogen) atoms. The van der Waals surface area contributed by atoms with Crippen LogP contribution >= 0.6 is 0 Å². The number of rotatable bonds is 8. The Labute approximate surface area is 152 Å². The number of nitrogens with one attached hydrogen (secondary N) is 1. The highest BCUT2D eigenvalue weighted by Gasteiger charge is 2.24. The molecule has 2 atom stereocenters. The summed E-state index contributed by atoms with van der Waals surface area (Å²) >= 11 is 0. The maximum Gasteiger partial charge on any atom is 0.278 e. The van der Waals surface area contributed by atoms with Gasteiger partial charge in [0.05, 0.1) is 6.54 Å². The molecule has 9 heteroatoms. The van der Waals surface area contributed by atoms with Gasteiger partial charge in [-0.05, 0) is 30.8 Å². The summed E-state index contributed by atoms with van der Waals surface area (Å²) in [7, 11) is 1.78.